The molecule has 0 aromatic heterocycles. The van der Waals surface area contributed by atoms with Gasteiger partial charge in [-0.15, -0.1) is 0 Å². The van der Waals surface area contributed by atoms with E-state index < -0.39 is 0 Å². The van der Waals surface area contributed by atoms with Crippen molar-refractivity contribution in [1.82, 2.24) is 0 Å². The van der Waals surface area contributed by atoms with Gasteiger partial charge in [-0.25, -0.2) is 0 Å². The molecule has 3 heteroatoms. The highest BCUT2D eigenvalue weighted by Gasteiger charge is 2.36. The molecule has 0 radical (unpaired) electrons. The number of carbonyl (C=O) groups is 1. The zero-order valence-electron chi connectivity index (χ0n) is 19.0. The fourth-order valence-corrected chi connectivity index (χ4v) is 4.89. The second kappa shape index (κ2) is 8.31. The summed E-state index contributed by atoms with van der Waals surface area (Å²) in [4.78, 5) is 13.6. The Morgan fingerprint density at radius 1 is 0.812 bits per heavy atom. The molecule has 32 heavy (non-hydrogen) atoms. The first-order valence-corrected chi connectivity index (χ1v) is 11.5. The van der Waals surface area contributed by atoms with Crippen molar-refractivity contribution < 1.29 is 4.79 Å². The maximum absolute atomic E-state index is 13.6. The Hall–Kier alpha value is -3.33. The second-order valence-electron chi connectivity index (χ2n) is 9.40. The molecule has 1 heterocycles. The van der Waals surface area contributed by atoms with Crippen molar-refractivity contribution in [2.24, 2.45) is 0 Å². The van der Waals surface area contributed by atoms with Gasteiger partial charge in [-0.2, -0.15) is 0 Å². The number of para-hydroxylation sites is 2. The minimum Gasteiger partial charge on any atom is -0.372 e. The van der Waals surface area contributed by atoms with Gasteiger partial charge in [0.25, 0.3) is 0 Å². The lowest BCUT2D eigenvalue weighted by molar-refractivity contribution is -0.116. The summed E-state index contributed by atoms with van der Waals surface area (Å²) >= 11 is 0. The standard InChI is InChI=1S/C29H30N2O/c1-18(2)20-12-14-22(15-13-20)29-28-26(30-24-6-4-5-7-25(24)31-29)16-23(17-27(28)32)21-10-8-19(3)9-11-21/h4-15,18,23,29-31H,16-17H2,1-3H3/t23-,29+/m0/s1. The van der Waals surface area contributed by atoms with Crippen LogP contribution in [0, 0.1) is 6.92 Å². The molecule has 5 rings (SSSR count). The van der Waals surface area contributed by atoms with E-state index in [0.717, 1.165) is 34.6 Å². The molecule has 3 nitrogen and oxygen atoms in total. The zero-order chi connectivity index (χ0) is 22.2. The van der Waals surface area contributed by atoms with E-state index in [1.54, 1.807) is 0 Å². The molecule has 0 amide bonds. The maximum Gasteiger partial charge on any atom is 0.163 e. The Morgan fingerprint density at radius 2 is 1.47 bits per heavy atom. The Labute approximate surface area is 190 Å². The summed E-state index contributed by atoms with van der Waals surface area (Å²) in [7, 11) is 0. The van der Waals surface area contributed by atoms with Gasteiger partial charge in [-0.3, -0.25) is 4.79 Å². The van der Waals surface area contributed by atoms with Gasteiger partial charge in [0, 0.05) is 17.7 Å². The number of benzene rings is 3. The van der Waals surface area contributed by atoms with Crippen LogP contribution in [0.5, 0.6) is 0 Å². The highest BCUT2D eigenvalue weighted by atomic mass is 16.1. The number of Topliss-reactive ketones (excluding diaryl/α,β-unsaturated/α-hetero) is 1. The summed E-state index contributed by atoms with van der Waals surface area (Å²) in [6, 6.07) is 25.4. The van der Waals surface area contributed by atoms with E-state index in [9.17, 15) is 4.79 Å². The lowest BCUT2D eigenvalue weighted by Gasteiger charge is -2.30. The minimum atomic E-state index is -0.158. The van der Waals surface area contributed by atoms with Gasteiger partial charge < -0.3 is 10.6 Å². The Kier molecular flexibility index (Phi) is 5.34. The first-order valence-electron chi connectivity index (χ1n) is 11.5. The third-order valence-corrected chi connectivity index (χ3v) is 6.79. The fourth-order valence-electron chi connectivity index (χ4n) is 4.89. The first-order chi connectivity index (χ1) is 15.5. The summed E-state index contributed by atoms with van der Waals surface area (Å²) in [5, 5.41) is 7.30. The van der Waals surface area contributed by atoms with Crippen molar-refractivity contribution in [1.29, 1.82) is 0 Å². The molecule has 2 N–H and O–H groups in total. The van der Waals surface area contributed by atoms with Crippen LogP contribution >= 0.6 is 0 Å². The van der Waals surface area contributed by atoms with E-state index in [1.165, 1.54) is 16.7 Å². The molecule has 2 atom stereocenters. The molecule has 0 saturated heterocycles. The summed E-state index contributed by atoms with van der Waals surface area (Å²) < 4.78 is 0. The summed E-state index contributed by atoms with van der Waals surface area (Å²) in [6.07, 6.45) is 1.38. The van der Waals surface area contributed by atoms with Crippen molar-refractivity contribution >= 4 is 17.2 Å². The summed E-state index contributed by atoms with van der Waals surface area (Å²) in [5.41, 5.74) is 8.89. The van der Waals surface area contributed by atoms with E-state index in [0.29, 0.717) is 12.3 Å². The fraction of sp³-hybridized carbons (Fsp3) is 0.276. The molecule has 2 aliphatic rings. The summed E-state index contributed by atoms with van der Waals surface area (Å²) in [5.74, 6) is 0.904. The number of aryl methyl sites for hydroxylation is 1. The third-order valence-electron chi connectivity index (χ3n) is 6.79. The molecule has 0 fully saturated rings. The van der Waals surface area contributed by atoms with Crippen LogP contribution in [-0.2, 0) is 4.79 Å². The van der Waals surface area contributed by atoms with Crippen LogP contribution in [-0.4, -0.2) is 5.78 Å². The number of nitrogens with one attached hydrogen (secondary N) is 2. The van der Waals surface area contributed by atoms with Crippen LogP contribution in [0.15, 0.2) is 84.1 Å². The highest BCUT2D eigenvalue weighted by Crippen LogP contribution is 2.44. The molecule has 162 valence electrons. The van der Waals surface area contributed by atoms with Gasteiger partial charge in [0.05, 0.1) is 17.4 Å². The molecular formula is C29H30N2O. The van der Waals surface area contributed by atoms with E-state index in [4.69, 9.17) is 0 Å². The van der Waals surface area contributed by atoms with E-state index in [-0.39, 0.29) is 17.7 Å². The highest BCUT2D eigenvalue weighted by molar-refractivity contribution is 6.01. The Balaban J connectivity index is 1.58. The predicted molar refractivity (Wildman–Crippen MR) is 132 cm³/mol. The Morgan fingerprint density at radius 3 is 2.16 bits per heavy atom. The average Bonchev–Trinajstić information content (AvgIpc) is 2.96. The van der Waals surface area contributed by atoms with Gasteiger partial charge in [0.2, 0.25) is 0 Å². The number of hydrogen-bond donors (Lipinski definition) is 2. The lowest BCUT2D eigenvalue weighted by Crippen LogP contribution is -2.26. The Bertz CT molecular complexity index is 1170. The molecule has 3 aromatic rings. The SMILES string of the molecule is Cc1ccc([C@@H]2CC(=O)C3=C(C2)Nc2ccccc2N[C@@H]3c2ccc(C(C)C)cc2)cc1. The first kappa shape index (κ1) is 20.6. The predicted octanol–water partition coefficient (Wildman–Crippen LogP) is 7.10. The molecule has 0 unspecified atom stereocenters. The molecule has 1 aliphatic heterocycles. The van der Waals surface area contributed by atoms with Crippen LogP contribution in [0.25, 0.3) is 0 Å². The van der Waals surface area contributed by atoms with Crippen molar-refractivity contribution in [3.63, 3.8) is 0 Å². The normalized spacial score (nSPS) is 20.2. The zero-order valence-corrected chi connectivity index (χ0v) is 19.0. The van der Waals surface area contributed by atoms with Gasteiger partial charge in [-0.1, -0.05) is 80.1 Å². The van der Waals surface area contributed by atoms with Gasteiger partial charge >= 0.3 is 0 Å². The summed E-state index contributed by atoms with van der Waals surface area (Å²) in [6.45, 7) is 6.51. The quantitative estimate of drug-likeness (QED) is 0.473. The monoisotopic (exact) mass is 422 g/mol. The van der Waals surface area contributed by atoms with Gasteiger partial charge in [0.15, 0.2) is 5.78 Å². The number of anilines is 2. The lowest BCUT2D eigenvalue weighted by atomic mass is 9.78. The number of carbonyl (C=O) groups excluding carboxylic acids is 1. The number of ketones is 1. The number of rotatable bonds is 3. The van der Waals surface area contributed by atoms with Crippen LogP contribution in [0.4, 0.5) is 11.4 Å². The molecule has 0 saturated carbocycles. The van der Waals surface area contributed by atoms with E-state index in [1.807, 2.05) is 12.1 Å². The molecule has 3 aromatic carbocycles. The van der Waals surface area contributed by atoms with E-state index >= 15 is 0 Å². The van der Waals surface area contributed by atoms with Crippen LogP contribution < -0.4 is 10.6 Å². The maximum atomic E-state index is 13.6. The second-order valence-corrected chi connectivity index (χ2v) is 9.40. The van der Waals surface area contributed by atoms with Crippen molar-refractivity contribution in [3.05, 3.63) is 106 Å². The number of hydrogen-bond acceptors (Lipinski definition) is 3. The largest absolute Gasteiger partial charge is 0.372 e. The molecule has 0 spiro atoms. The molecular weight excluding hydrogens is 392 g/mol. The minimum absolute atomic E-state index is 0.158. The van der Waals surface area contributed by atoms with Crippen LogP contribution in [0.3, 0.4) is 0 Å². The number of fused-ring (bicyclic) bond motifs is 1. The van der Waals surface area contributed by atoms with Gasteiger partial charge in [0.1, 0.15) is 0 Å². The van der Waals surface area contributed by atoms with Gasteiger partial charge in [-0.05, 0) is 54.0 Å². The molecule has 0 bridgehead atoms. The van der Waals surface area contributed by atoms with Crippen molar-refractivity contribution in [2.45, 2.75) is 51.5 Å². The van der Waals surface area contributed by atoms with Crippen molar-refractivity contribution in [2.75, 3.05) is 10.6 Å². The molecule has 1 aliphatic carbocycles. The van der Waals surface area contributed by atoms with Crippen molar-refractivity contribution in [3.8, 4) is 0 Å². The average molecular weight is 423 g/mol. The third kappa shape index (κ3) is 3.84. The van der Waals surface area contributed by atoms with E-state index in [2.05, 4.69) is 92.1 Å². The van der Waals surface area contributed by atoms with Crippen LogP contribution in [0.1, 0.15) is 66.8 Å². The number of allylic oxidation sites excluding steroid dienone is 1. The topological polar surface area (TPSA) is 41.1 Å². The smallest absolute Gasteiger partial charge is 0.163 e. The van der Waals surface area contributed by atoms with Crippen LogP contribution in [0.2, 0.25) is 0 Å².